The molecule has 1 amide bonds. The van der Waals surface area contributed by atoms with Gasteiger partial charge in [0.1, 0.15) is 5.82 Å². The van der Waals surface area contributed by atoms with E-state index in [-0.39, 0.29) is 17.6 Å². The third kappa shape index (κ3) is 4.82. The molecule has 2 rings (SSSR count). The van der Waals surface area contributed by atoms with Gasteiger partial charge in [0.15, 0.2) is 5.69 Å². The van der Waals surface area contributed by atoms with Gasteiger partial charge in [0, 0.05) is 25.4 Å². The van der Waals surface area contributed by atoms with Crippen LogP contribution in [0.5, 0.6) is 0 Å². The molecule has 0 aliphatic carbocycles. The summed E-state index contributed by atoms with van der Waals surface area (Å²) in [5, 5.41) is 14.0. The maximum Gasteiger partial charge on any atom is 0.276 e. The molecule has 6 heteroatoms. The number of nitrogens with one attached hydrogen (secondary N) is 2. The fraction of sp³-hybridized carbons (Fsp3) is 0.312. The largest absolute Gasteiger partial charge is 0.385 e. The van der Waals surface area contributed by atoms with Crippen molar-refractivity contribution in [3.05, 3.63) is 48.2 Å². The summed E-state index contributed by atoms with van der Waals surface area (Å²) in [6, 6.07) is 12.9. The highest BCUT2D eigenvalue weighted by Gasteiger charge is 2.09. The van der Waals surface area contributed by atoms with Gasteiger partial charge in [0.25, 0.3) is 5.91 Å². The maximum atomic E-state index is 12.0. The first-order valence-electron chi connectivity index (χ1n) is 7.14. The molecule has 116 valence electrons. The number of rotatable bonds is 7. The Morgan fingerprint density at radius 1 is 1.18 bits per heavy atom. The molecule has 0 saturated carbocycles. The van der Waals surface area contributed by atoms with Crippen LogP contribution in [0.3, 0.4) is 0 Å². The van der Waals surface area contributed by atoms with E-state index in [0.29, 0.717) is 12.4 Å². The summed E-state index contributed by atoms with van der Waals surface area (Å²) >= 11 is 0. The molecule has 0 fully saturated rings. The topological polar surface area (TPSA) is 76.1 Å². The van der Waals surface area contributed by atoms with Crippen molar-refractivity contribution in [3.63, 3.8) is 0 Å². The molecule has 1 heterocycles. The van der Waals surface area contributed by atoms with Crippen LogP contribution in [-0.2, 0) is 4.74 Å². The number of anilines is 2. The zero-order chi connectivity index (χ0) is 15.8. The first-order chi connectivity index (χ1) is 10.7. The molecule has 0 aliphatic rings. The second kappa shape index (κ2) is 8.09. The molecule has 0 spiro atoms. The summed E-state index contributed by atoms with van der Waals surface area (Å²) in [5.74, 6) is 0.359. The molecule has 22 heavy (non-hydrogen) atoms. The van der Waals surface area contributed by atoms with Crippen LogP contribution in [0.4, 0.5) is 11.5 Å². The van der Waals surface area contributed by atoms with Crippen LogP contribution in [0.1, 0.15) is 23.8 Å². The second-order valence-electron chi connectivity index (χ2n) is 4.95. The Morgan fingerprint density at radius 2 is 1.95 bits per heavy atom. The predicted molar refractivity (Wildman–Crippen MR) is 86.0 cm³/mol. The first-order valence-corrected chi connectivity index (χ1v) is 7.14. The van der Waals surface area contributed by atoms with Crippen molar-refractivity contribution in [1.29, 1.82) is 0 Å². The molecule has 0 radical (unpaired) electrons. The summed E-state index contributed by atoms with van der Waals surface area (Å²) in [7, 11) is 1.67. The number of para-hydroxylation sites is 1. The van der Waals surface area contributed by atoms with Gasteiger partial charge in [-0.2, -0.15) is 0 Å². The third-order valence-corrected chi connectivity index (χ3v) is 3.08. The monoisotopic (exact) mass is 300 g/mol. The van der Waals surface area contributed by atoms with Gasteiger partial charge in [-0.05, 0) is 37.6 Å². The van der Waals surface area contributed by atoms with Crippen LogP contribution in [-0.4, -0.2) is 35.9 Å². The summed E-state index contributed by atoms with van der Waals surface area (Å²) in [4.78, 5) is 12.0. The van der Waals surface area contributed by atoms with Gasteiger partial charge in [-0.1, -0.05) is 18.2 Å². The molecule has 1 aromatic carbocycles. The van der Waals surface area contributed by atoms with E-state index in [0.717, 1.165) is 12.1 Å². The van der Waals surface area contributed by atoms with Crippen molar-refractivity contribution in [2.24, 2.45) is 0 Å². The Hall–Kier alpha value is -2.47. The van der Waals surface area contributed by atoms with Crippen LogP contribution >= 0.6 is 0 Å². The van der Waals surface area contributed by atoms with Crippen molar-refractivity contribution in [2.75, 3.05) is 24.4 Å². The number of carbonyl (C=O) groups is 1. The number of aromatic nitrogens is 2. The predicted octanol–water partition coefficient (Wildman–Crippen LogP) is 2.57. The van der Waals surface area contributed by atoms with Crippen molar-refractivity contribution >= 4 is 17.4 Å². The molecule has 1 aromatic heterocycles. The minimum absolute atomic E-state index is 0.221. The average molecular weight is 300 g/mol. The Kier molecular flexibility index (Phi) is 5.85. The molecule has 1 unspecified atom stereocenters. The second-order valence-corrected chi connectivity index (χ2v) is 4.95. The van der Waals surface area contributed by atoms with E-state index < -0.39 is 0 Å². The first kappa shape index (κ1) is 15.9. The number of amides is 1. The molecule has 2 N–H and O–H groups in total. The lowest BCUT2D eigenvalue weighted by Crippen LogP contribution is -2.19. The van der Waals surface area contributed by atoms with E-state index in [4.69, 9.17) is 4.74 Å². The van der Waals surface area contributed by atoms with Crippen LogP contribution in [0.2, 0.25) is 0 Å². The Balaban J connectivity index is 1.92. The lowest BCUT2D eigenvalue weighted by Gasteiger charge is -2.13. The summed E-state index contributed by atoms with van der Waals surface area (Å²) in [6.07, 6.45) is 0.869. The SMILES string of the molecule is COCCC(C)Nc1ccc(C(=O)Nc2ccccc2)nn1. The summed E-state index contributed by atoms with van der Waals surface area (Å²) < 4.78 is 5.03. The van der Waals surface area contributed by atoms with Crippen LogP contribution in [0.25, 0.3) is 0 Å². The molecule has 0 saturated heterocycles. The van der Waals surface area contributed by atoms with Gasteiger partial charge < -0.3 is 15.4 Å². The molecule has 0 bridgehead atoms. The highest BCUT2D eigenvalue weighted by Crippen LogP contribution is 2.09. The quantitative estimate of drug-likeness (QED) is 0.822. The minimum atomic E-state index is -0.280. The van der Waals surface area contributed by atoms with Crippen LogP contribution in [0, 0.1) is 0 Å². The lowest BCUT2D eigenvalue weighted by molar-refractivity contribution is 0.102. The van der Waals surface area contributed by atoms with Gasteiger partial charge >= 0.3 is 0 Å². The van der Waals surface area contributed by atoms with Crippen molar-refractivity contribution in [2.45, 2.75) is 19.4 Å². The Morgan fingerprint density at radius 3 is 2.59 bits per heavy atom. The Bertz CT molecular complexity index is 587. The van der Waals surface area contributed by atoms with Crippen molar-refractivity contribution in [3.8, 4) is 0 Å². The highest BCUT2D eigenvalue weighted by atomic mass is 16.5. The lowest BCUT2D eigenvalue weighted by atomic mass is 10.2. The number of hydrogen-bond acceptors (Lipinski definition) is 5. The fourth-order valence-electron chi connectivity index (χ4n) is 1.87. The van der Waals surface area contributed by atoms with E-state index in [2.05, 4.69) is 20.8 Å². The zero-order valence-corrected chi connectivity index (χ0v) is 12.7. The molecular weight excluding hydrogens is 280 g/mol. The van der Waals surface area contributed by atoms with E-state index in [1.807, 2.05) is 37.3 Å². The molecular formula is C16H20N4O2. The van der Waals surface area contributed by atoms with Crippen LogP contribution in [0.15, 0.2) is 42.5 Å². The summed E-state index contributed by atoms with van der Waals surface area (Å²) in [5.41, 5.74) is 1.00. The molecule has 6 nitrogen and oxygen atoms in total. The van der Waals surface area contributed by atoms with Crippen molar-refractivity contribution < 1.29 is 9.53 Å². The van der Waals surface area contributed by atoms with E-state index in [1.54, 1.807) is 19.2 Å². The van der Waals surface area contributed by atoms with Crippen molar-refractivity contribution in [1.82, 2.24) is 10.2 Å². The molecule has 2 aromatic rings. The van der Waals surface area contributed by atoms with E-state index >= 15 is 0 Å². The molecule has 0 aliphatic heterocycles. The van der Waals surface area contributed by atoms with Gasteiger partial charge in [-0.3, -0.25) is 4.79 Å². The molecule has 1 atom stereocenters. The third-order valence-electron chi connectivity index (χ3n) is 3.08. The number of methoxy groups -OCH3 is 1. The Labute approximate surface area is 129 Å². The van der Waals surface area contributed by atoms with Gasteiger partial charge in [0.05, 0.1) is 0 Å². The normalized spacial score (nSPS) is 11.7. The number of benzene rings is 1. The average Bonchev–Trinajstić information content (AvgIpc) is 2.54. The smallest absolute Gasteiger partial charge is 0.276 e. The zero-order valence-electron chi connectivity index (χ0n) is 12.7. The number of carbonyl (C=O) groups excluding carboxylic acids is 1. The summed E-state index contributed by atoms with van der Waals surface area (Å²) in [6.45, 7) is 2.72. The number of ether oxygens (including phenoxy) is 1. The number of hydrogen-bond donors (Lipinski definition) is 2. The highest BCUT2D eigenvalue weighted by molar-refractivity contribution is 6.02. The standard InChI is InChI=1S/C16H20N4O2/c1-12(10-11-22-2)17-15-9-8-14(19-20-15)16(21)18-13-6-4-3-5-7-13/h3-9,12H,10-11H2,1-2H3,(H,17,20)(H,18,21). The van der Waals surface area contributed by atoms with Gasteiger partial charge in [-0.15, -0.1) is 10.2 Å². The van der Waals surface area contributed by atoms with Crippen LogP contribution < -0.4 is 10.6 Å². The fourth-order valence-corrected chi connectivity index (χ4v) is 1.87. The number of nitrogens with zero attached hydrogens (tertiary/aromatic N) is 2. The van der Waals surface area contributed by atoms with E-state index in [9.17, 15) is 4.79 Å². The maximum absolute atomic E-state index is 12.0. The van der Waals surface area contributed by atoms with Gasteiger partial charge in [0.2, 0.25) is 0 Å². The van der Waals surface area contributed by atoms with Gasteiger partial charge in [-0.25, -0.2) is 0 Å². The minimum Gasteiger partial charge on any atom is -0.385 e. The van der Waals surface area contributed by atoms with E-state index in [1.165, 1.54) is 0 Å².